The molecule has 2 heterocycles. The highest BCUT2D eigenvalue weighted by atomic mass is 35.5. The predicted octanol–water partition coefficient (Wildman–Crippen LogP) is 2.81. The highest BCUT2D eigenvalue weighted by Crippen LogP contribution is 2.13. The third kappa shape index (κ3) is 2.82. The van der Waals surface area contributed by atoms with Gasteiger partial charge in [-0.05, 0) is 13.0 Å². The van der Waals surface area contributed by atoms with Crippen molar-refractivity contribution in [3.05, 3.63) is 41.0 Å². The second-order valence-corrected chi connectivity index (χ2v) is 4.70. The van der Waals surface area contributed by atoms with Gasteiger partial charge in [0.15, 0.2) is 0 Å². The van der Waals surface area contributed by atoms with Crippen molar-refractivity contribution in [1.29, 1.82) is 0 Å². The molecule has 0 atom stereocenters. The van der Waals surface area contributed by atoms with Crippen molar-refractivity contribution in [3.8, 4) is 0 Å². The zero-order valence-electron chi connectivity index (χ0n) is 10.2. The van der Waals surface area contributed by atoms with E-state index in [4.69, 9.17) is 11.6 Å². The van der Waals surface area contributed by atoms with E-state index in [1.165, 1.54) is 0 Å². The molecule has 4 nitrogen and oxygen atoms in total. The zero-order valence-corrected chi connectivity index (χ0v) is 10.9. The number of halogens is 1. The first-order chi connectivity index (χ1) is 8.06. The van der Waals surface area contributed by atoms with Crippen molar-refractivity contribution in [2.45, 2.75) is 33.2 Å². The molecule has 0 aromatic carbocycles. The molecule has 0 bridgehead atoms. The van der Waals surface area contributed by atoms with Crippen LogP contribution >= 0.6 is 11.6 Å². The van der Waals surface area contributed by atoms with Gasteiger partial charge in [0.25, 0.3) is 0 Å². The van der Waals surface area contributed by atoms with Crippen molar-refractivity contribution in [2.75, 3.05) is 0 Å². The van der Waals surface area contributed by atoms with Gasteiger partial charge < -0.3 is 4.57 Å². The molecule has 0 aliphatic carbocycles. The summed E-state index contributed by atoms with van der Waals surface area (Å²) in [7, 11) is 0. The van der Waals surface area contributed by atoms with Gasteiger partial charge in [-0.2, -0.15) is 0 Å². The molecule has 0 amide bonds. The standard InChI is InChI=1S/C12H15ClN4/c1-8(2)12-14-4-5-17(12)7-11-15-9(3)6-10(13)16-11/h4-6,8H,7H2,1-3H3. The monoisotopic (exact) mass is 250 g/mol. The molecule has 0 aliphatic heterocycles. The summed E-state index contributed by atoms with van der Waals surface area (Å²) in [5.41, 5.74) is 0.881. The smallest absolute Gasteiger partial charge is 0.150 e. The van der Waals surface area contributed by atoms with Crippen LogP contribution in [-0.4, -0.2) is 19.5 Å². The summed E-state index contributed by atoms with van der Waals surface area (Å²) >= 11 is 5.92. The lowest BCUT2D eigenvalue weighted by Crippen LogP contribution is -2.09. The molecule has 0 unspecified atom stereocenters. The van der Waals surface area contributed by atoms with Crippen molar-refractivity contribution >= 4 is 11.6 Å². The van der Waals surface area contributed by atoms with E-state index >= 15 is 0 Å². The molecule has 0 radical (unpaired) electrons. The number of aryl methyl sites for hydroxylation is 1. The highest BCUT2D eigenvalue weighted by molar-refractivity contribution is 6.29. The fourth-order valence-corrected chi connectivity index (χ4v) is 2.02. The van der Waals surface area contributed by atoms with E-state index in [-0.39, 0.29) is 0 Å². The first-order valence-electron chi connectivity index (χ1n) is 5.57. The average Bonchev–Trinajstić information content (AvgIpc) is 2.63. The average molecular weight is 251 g/mol. The van der Waals surface area contributed by atoms with Gasteiger partial charge in [-0.15, -0.1) is 0 Å². The van der Waals surface area contributed by atoms with Gasteiger partial charge in [0, 0.05) is 24.0 Å². The molecule has 0 spiro atoms. The van der Waals surface area contributed by atoms with Gasteiger partial charge in [0.2, 0.25) is 0 Å². The molecule has 5 heteroatoms. The number of aromatic nitrogens is 4. The molecule has 90 valence electrons. The summed E-state index contributed by atoms with van der Waals surface area (Å²) in [6.45, 7) is 6.75. The maximum absolute atomic E-state index is 5.92. The molecule has 0 saturated carbocycles. The number of hydrogen-bond acceptors (Lipinski definition) is 3. The van der Waals surface area contributed by atoms with Gasteiger partial charge in [0.1, 0.15) is 16.8 Å². The van der Waals surface area contributed by atoms with Crippen LogP contribution in [0, 0.1) is 6.92 Å². The van der Waals surface area contributed by atoms with E-state index in [0.29, 0.717) is 17.6 Å². The Labute approximate surface area is 106 Å². The van der Waals surface area contributed by atoms with Gasteiger partial charge in [-0.3, -0.25) is 0 Å². The van der Waals surface area contributed by atoms with E-state index in [0.717, 1.165) is 17.3 Å². The van der Waals surface area contributed by atoms with Crippen LogP contribution in [0.15, 0.2) is 18.5 Å². The largest absolute Gasteiger partial charge is 0.327 e. The van der Waals surface area contributed by atoms with Crippen LogP contribution in [0.1, 0.15) is 37.1 Å². The second-order valence-electron chi connectivity index (χ2n) is 4.32. The Morgan fingerprint density at radius 1 is 1.35 bits per heavy atom. The molecule has 0 saturated heterocycles. The number of hydrogen-bond donors (Lipinski definition) is 0. The Morgan fingerprint density at radius 2 is 2.12 bits per heavy atom. The number of nitrogens with zero attached hydrogens (tertiary/aromatic N) is 4. The van der Waals surface area contributed by atoms with Crippen LogP contribution in [0.3, 0.4) is 0 Å². The maximum Gasteiger partial charge on any atom is 0.150 e. The Morgan fingerprint density at radius 3 is 2.76 bits per heavy atom. The minimum atomic E-state index is 0.380. The van der Waals surface area contributed by atoms with Gasteiger partial charge >= 0.3 is 0 Å². The minimum Gasteiger partial charge on any atom is -0.327 e. The van der Waals surface area contributed by atoms with Crippen LogP contribution in [-0.2, 0) is 6.54 Å². The van der Waals surface area contributed by atoms with E-state index in [1.807, 2.05) is 13.1 Å². The Hall–Kier alpha value is -1.42. The van der Waals surface area contributed by atoms with E-state index in [1.54, 1.807) is 12.3 Å². The maximum atomic E-state index is 5.92. The van der Waals surface area contributed by atoms with Gasteiger partial charge in [0.05, 0.1) is 6.54 Å². The van der Waals surface area contributed by atoms with Crippen molar-refractivity contribution < 1.29 is 0 Å². The topological polar surface area (TPSA) is 43.6 Å². The first-order valence-corrected chi connectivity index (χ1v) is 5.95. The molecule has 2 rings (SSSR count). The first kappa shape index (κ1) is 12.0. The van der Waals surface area contributed by atoms with Crippen LogP contribution in [0.25, 0.3) is 0 Å². The molecular weight excluding hydrogens is 236 g/mol. The van der Waals surface area contributed by atoms with E-state index in [9.17, 15) is 0 Å². The Balaban J connectivity index is 2.28. The lowest BCUT2D eigenvalue weighted by Gasteiger charge is -2.09. The van der Waals surface area contributed by atoms with Gasteiger partial charge in [-0.1, -0.05) is 25.4 Å². The Bertz CT molecular complexity index is 499. The summed E-state index contributed by atoms with van der Waals surface area (Å²) in [6.07, 6.45) is 3.74. The highest BCUT2D eigenvalue weighted by Gasteiger charge is 2.09. The third-order valence-electron chi connectivity index (χ3n) is 2.45. The number of rotatable bonds is 3. The molecule has 17 heavy (non-hydrogen) atoms. The molecule has 0 N–H and O–H groups in total. The summed E-state index contributed by atoms with van der Waals surface area (Å²) in [5.74, 6) is 2.13. The van der Waals surface area contributed by atoms with Crippen molar-refractivity contribution in [2.24, 2.45) is 0 Å². The molecule has 2 aromatic heterocycles. The summed E-state index contributed by atoms with van der Waals surface area (Å²) < 4.78 is 2.05. The predicted molar refractivity (Wildman–Crippen MR) is 67.2 cm³/mol. The summed E-state index contributed by atoms with van der Waals surface area (Å²) in [5, 5.41) is 0.485. The molecular formula is C12H15ClN4. The zero-order chi connectivity index (χ0) is 12.4. The quantitative estimate of drug-likeness (QED) is 0.787. The van der Waals surface area contributed by atoms with Gasteiger partial charge in [-0.25, -0.2) is 15.0 Å². The molecule has 0 fully saturated rings. The second kappa shape index (κ2) is 4.84. The van der Waals surface area contributed by atoms with Crippen LogP contribution in [0.2, 0.25) is 5.15 Å². The van der Waals surface area contributed by atoms with Crippen LogP contribution < -0.4 is 0 Å². The van der Waals surface area contributed by atoms with Crippen molar-refractivity contribution in [1.82, 2.24) is 19.5 Å². The Kier molecular flexibility index (Phi) is 3.43. The van der Waals surface area contributed by atoms with Crippen molar-refractivity contribution in [3.63, 3.8) is 0 Å². The lowest BCUT2D eigenvalue weighted by molar-refractivity contribution is 0.648. The SMILES string of the molecule is Cc1cc(Cl)nc(Cn2ccnc2C(C)C)n1. The summed E-state index contributed by atoms with van der Waals surface area (Å²) in [4.78, 5) is 12.9. The van der Waals surface area contributed by atoms with Crippen LogP contribution in [0.4, 0.5) is 0 Å². The molecule has 2 aromatic rings. The van der Waals surface area contributed by atoms with Crippen LogP contribution in [0.5, 0.6) is 0 Å². The third-order valence-corrected chi connectivity index (χ3v) is 2.64. The fourth-order valence-electron chi connectivity index (χ4n) is 1.77. The fraction of sp³-hybridized carbons (Fsp3) is 0.417. The normalized spacial score (nSPS) is 11.1. The lowest BCUT2D eigenvalue weighted by atomic mass is 10.2. The van der Waals surface area contributed by atoms with E-state index < -0.39 is 0 Å². The summed E-state index contributed by atoms with van der Waals surface area (Å²) in [6, 6.07) is 1.75. The minimum absolute atomic E-state index is 0.380. The number of imidazole rings is 1. The molecule has 0 aliphatic rings. The van der Waals surface area contributed by atoms with E-state index in [2.05, 4.69) is 33.4 Å².